The fourth-order valence-electron chi connectivity index (χ4n) is 2.21. The standard InChI is InChI=1S/C19H23N5O6/c25-16(29-10-2-8-22-18(27)14-4-1-7-21-14)5-6-17(26)30-11-3-9-23-19(28)15-12-20-13-24-15/h4-7,12-13H,1-3,8-11H2,(H,20,24)(H,22,27)(H,23,28)/b6-5+. The van der Waals surface area contributed by atoms with Crippen molar-refractivity contribution < 1.29 is 28.7 Å². The van der Waals surface area contributed by atoms with E-state index in [1.165, 1.54) is 12.5 Å². The molecule has 0 aromatic carbocycles. The summed E-state index contributed by atoms with van der Waals surface area (Å²) in [6.07, 6.45) is 9.60. The molecule has 0 bridgehead atoms. The average Bonchev–Trinajstić information content (AvgIpc) is 3.45. The third-order valence-electron chi connectivity index (χ3n) is 3.68. The van der Waals surface area contributed by atoms with E-state index in [0.29, 0.717) is 43.7 Å². The number of amides is 2. The Kier molecular flexibility index (Phi) is 9.50. The van der Waals surface area contributed by atoms with Gasteiger partial charge in [0.1, 0.15) is 11.4 Å². The number of nitrogens with zero attached hydrogens (tertiary/aromatic N) is 2. The Labute approximate surface area is 172 Å². The SMILES string of the molecule is O=C(/C=C/C(=O)OCCCNC(=O)c1cnc[nH]1)OCCCNC(=O)C1=CCC=N1. The maximum Gasteiger partial charge on any atom is 0.331 e. The Balaban J connectivity index is 1.46. The van der Waals surface area contributed by atoms with Crippen molar-refractivity contribution in [3.63, 3.8) is 0 Å². The van der Waals surface area contributed by atoms with Gasteiger partial charge in [-0.05, 0) is 18.9 Å². The fraction of sp³-hybridized carbons (Fsp3) is 0.368. The lowest BCUT2D eigenvalue weighted by atomic mass is 10.3. The number of allylic oxidation sites excluding steroid dienone is 1. The van der Waals surface area contributed by atoms with Crippen LogP contribution in [0.15, 0.2) is 41.4 Å². The van der Waals surface area contributed by atoms with E-state index in [1.807, 2.05) is 0 Å². The molecular formula is C19H23N5O6. The Morgan fingerprint density at radius 1 is 1.00 bits per heavy atom. The van der Waals surface area contributed by atoms with Gasteiger partial charge >= 0.3 is 11.9 Å². The molecule has 1 aliphatic heterocycles. The molecule has 2 heterocycles. The summed E-state index contributed by atoms with van der Waals surface area (Å²) < 4.78 is 9.83. The van der Waals surface area contributed by atoms with Crippen LogP contribution in [0.1, 0.15) is 29.8 Å². The molecule has 2 amide bonds. The van der Waals surface area contributed by atoms with Gasteiger partial charge in [0.15, 0.2) is 0 Å². The summed E-state index contributed by atoms with van der Waals surface area (Å²) in [7, 11) is 0. The van der Waals surface area contributed by atoms with Crippen molar-refractivity contribution in [3.8, 4) is 0 Å². The molecular weight excluding hydrogens is 394 g/mol. The second kappa shape index (κ2) is 12.6. The molecule has 0 aliphatic carbocycles. The smallest absolute Gasteiger partial charge is 0.331 e. The number of aromatic amines is 1. The van der Waals surface area contributed by atoms with Gasteiger partial charge in [0.25, 0.3) is 11.8 Å². The van der Waals surface area contributed by atoms with Crippen molar-refractivity contribution in [1.82, 2.24) is 20.6 Å². The van der Waals surface area contributed by atoms with Gasteiger partial charge in [0.2, 0.25) is 0 Å². The van der Waals surface area contributed by atoms with Crippen LogP contribution in [0.5, 0.6) is 0 Å². The molecule has 30 heavy (non-hydrogen) atoms. The number of hydrogen-bond donors (Lipinski definition) is 3. The van der Waals surface area contributed by atoms with Crippen LogP contribution in [0, 0.1) is 0 Å². The summed E-state index contributed by atoms with van der Waals surface area (Å²) in [5.41, 5.74) is 0.727. The number of hydrogen-bond acceptors (Lipinski definition) is 8. The van der Waals surface area contributed by atoms with Crippen LogP contribution >= 0.6 is 0 Å². The summed E-state index contributed by atoms with van der Waals surface area (Å²) >= 11 is 0. The molecule has 0 spiro atoms. The Hall–Kier alpha value is -3.76. The highest BCUT2D eigenvalue weighted by Crippen LogP contribution is 2.04. The number of imidazole rings is 1. The average molecular weight is 417 g/mol. The van der Waals surface area contributed by atoms with Gasteiger partial charge in [-0.25, -0.2) is 14.6 Å². The molecule has 11 heteroatoms. The third-order valence-corrected chi connectivity index (χ3v) is 3.68. The number of carbonyl (C=O) groups excluding carboxylic acids is 4. The number of rotatable bonds is 12. The number of carbonyl (C=O) groups is 4. The molecule has 3 N–H and O–H groups in total. The van der Waals surface area contributed by atoms with Crippen LogP contribution in [0.3, 0.4) is 0 Å². The van der Waals surface area contributed by atoms with Crippen molar-refractivity contribution in [2.45, 2.75) is 19.3 Å². The van der Waals surface area contributed by atoms with E-state index in [1.54, 1.807) is 12.3 Å². The molecule has 0 fully saturated rings. The predicted molar refractivity (Wildman–Crippen MR) is 105 cm³/mol. The minimum Gasteiger partial charge on any atom is -0.462 e. The summed E-state index contributed by atoms with van der Waals surface area (Å²) in [6.45, 7) is 0.831. The molecule has 0 atom stereocenters. The van der Waals surface area contributed by atoms with Crippen molar-refractivity contribution in [3.05, 3.63) is 42.1 Å². The fourth-order valence-corrected chi connectivity index (χ4v) is 2.21. The maximum absolute atomic E-state index is 11.6. The van der Waals surface area contributed by atoms with E-state index < -0.39 is 11.9 Å². The lowest BCUT2D eigenvalue weighted by Gasteiger charge is -2.05. The van der Waals surface area contributed by atoms with Crippen LogP contribution in [0.25, 0.3) is 0 Å². The second-order valence-electron chi connectivity index (χ2n) is 5.99. The molecule has 0 saturated carbocycles. The number of esters is 2. The number of nitrogens with one attached hydrogen (secondary N) is 3. The summed E-state index contributed by atoms with van der Waals surface area (Å²) in [5.74, 6) is -1.94. The topological polar surface area (TPSA) is 152 Å². The summed E-state index contributed by atoms with van der Waals surface area (Å²) in [4.78, 5) is 56.7. The molecule has 160 valence electrons. The van der Waals surface area contributed by atoms with Gasteiger partial charge < -0.3 is 25.1 Å². The van der Waals surface area contributed by atoms with Crippen molar-refractivity contribution in [2.75, 3.05) is 26.3 Å². The van der Waals surface area contributed by atoms with E-state index in [4.69, 9.17) is 9.47 Å². The minimum absolute atomic E-state index is 0.0850. The molecule has 1 aromatic heterocycles. The third kappa shape index (κ3) is 8.50. The van der Waals surface area contributed by atoms with Crippen LogP contribution in [0.2, 0.25) is 0 Å². The molecule has 0 radical (unpaired) electrons. The van der Waals surface area contributed by atoms with Crippen molar-refractivity contribution in [1.29, 1.82) is 0 Å². The molecule has 0 saturated heterocycles. The first-order chi connectivity index (χ1) is 14.6. The van der Waals surface area contributed by atoms with Crippen molar-refractivity contribution >= 4 is 30.0 Å². The van der Waals surface area contributed by atoms with Gasteiger partial charge in [0, 0.05) is 37.9 Å². The highest BCUT2D eigenvalue weighted by atomic mass is 16.5. The zero-order valence-electron chi connectivity index (χ0n) is 16.3. The van der Waals surface area contributed by atoms with Gasteiger partial charge in [0.05, 0.1) is 25.7 Å². The molecule has 2 rings (SSSR count). The first kappa shape index (κ1) is 22.5. The zero-order chi connectivity index (χ0) is 21.6. The molecule has 1 aliphatic rings. The number of ether oxygens (including phenoxy) is 2. The van der Waals surface area contributed by atoms with E-state index in [9.17, 15) is 19.2 Å². The van der Waals surface area contributed by atoms with Crippen LogP contribution < -0.4 is 10.6 Å². The normalized spacial score (nSPS) is 12.5. The van der Waals surface area contributed by atoms with Crippen LogP contribution in [-0.4, -0.2) is 66.2 Å². The van der Waals surface area contributed by atoms with Gasteiger partial charge in [-0.1, -0.05) is 0 Å². The van der Waals surface area contributed by atoms with E-state index in [-0.39, 0.29) is 25.0 Å². The van der Waals surface area contributed by atoms with Crippen LogP contribution in [-0.2, 0) is 23.9 Å². The number of aliphatic imine (C=N–C) groups is 1. The van der Waals surface area contributed by atoms with E-state index in [2.05, 4.69) is 25.6 Å². The Morgan fingerprint density at radius 3 is 2.17 bits per heavy atom. The van der Waals surface area contributed by atoms with Gasteiger partial charge in [-0.15, -0.1) is 0 Å². The molecule has 11 nitrogen and oxygen atoms in total. The zero-order valence-corrected chi connectivity index (χ0v) is 16.3. The molecule has 0 unspecified atom stereocenters. The van der Waals surface area contributed by atoms with Gasteiger partial charge in [-0.2, -0.15) is 0 Å². The predicted octanol–water partition coefficient (Wildman–Crippen LogP) is 0.0369. The van der Waals surface area contributed by atoms with Crippen LogP contribution in [0.4, 0.5) is 0 Å². The highest BCUT2D eigenvalue weighted by Gasteiger charge is 2.09. The monoisotopic (exact) mass is 417 g/mol. The van der Waals surface area contributed by atoms with E-state index in [0.717, 1.165) is 12.2 Å². The van der Waals surface area contributed by atoms with Gasteiger partial charge in [-0.3, -0.25) is 14.6 Å². The second-order valence-corrected chi connectivity index (χ2v) is 5.99. The Morgan fingerprint density at radius 2 is 1.63 bits per heavy atom. The summed E-state index contributed by atoms with van der Waals surface area (Å²) in [5, 5.41) is 5.30. The number of H-pyrrole nitrogens is 1. The molecule has 1 aromatic rings. The summed E-state index contributed by atoms with van der Waals surface area (Å²) in [6, 6.07) is 0. The number of aromatic nitrogens is 2. The maximum atomic E-state index is 11.6. The lowest BCUT2D eigenvalue weighted by Crippen LogP contribution is -2.26. The first-order valence-electron chi connectivity index (χ1n) is 9.35. The first-order valence-corrected chi connectivity index (χ1v) is 9.35. The largest absolute Gasteiger partial charge is 0.462 e. The minimum atomic E-state index is -0.690. The lowest BCUT2D eigenvalue weighted by molar-refractivity contribution is -0.140. The van der Waals surface area contributed by atoms with Crippen molar-refractivity contribution in [2.24, 2.45) is 4.99 Å². The quantitative estimate of drug-likeness (QED) is 0.247. The Bertz CT molecular complexity index is 828. The van der Waals surface area contributed by atoms with E-state index >= 15 is 0 Å². The highest BCUT2D eigenvalue weighted by molar-refractivity contribution is 5.96.